The van der Waals surface area contributed by atoms with Crippen LogP contribution in [0.3, 0.4) is 0 Å². The second kappa shape index (κ2) is 20.6. The lowest BCUT2D eigenvalue weighted by molar-refractivity contribution is -0.136. The summed E-state index contributed by atoms with van der Waals surface area (Å²) >= 11 is 0. The number of allylic oxidation sites excluding steroid dienone is 1. The van der Waals surface area contributed by atoms with Crippen molar-refractivity contribution in [1.82, 2.24) is 50.1 Å². The van der Waals surface area contributed by atoms with E-state index >= 15 is 0 Å². The second-order valence-corrected chi connectivity index (χ2v) is 17.6. The molecular formula is C48H55N13O8. The van der Waals surface area contributed by atoms with Crippen LogP contribution in [-0.4, -0.2) is 133 Å². The van der Waals surface area contributed by atoms with E-state index in [1.807, 2.05) is 24.3 Å². The van der Waals surface area contributed by atoms with Gasteiger partial charge < -0.3 is 31.3 Å². The van der Waals surface area contributed by atoms with Gasteiger partial charge in [0.05, 0.1) is 29.9 Å². The summed E-state index contributed by atoms with van der Waals surface area (Å²) in [5, 5.41) is 25.3. The number of pyridine rings is 1. The number of hydrogen-bond donors (Lipinski definition) is 6. The van der Waals surface area contributed by atoms with Gasteiger partial charge in [-0.3, -0.25) is 48.7 Å². The van der Waals surface area contributed by atoms with Crippen LogP contribution in [0.25, 0.3) is 16.9 Å². The Bertz CT molecular complexity index is 2860. The molecule has 0 saturated carbocycles. The molecule has 2 saturated heterocycles. The number of nitrogens with one attached hydrogen (secondary N) is 5. The first-order chi connectivity index (χ1) is 33.2. The van der Waals surface area contributed by atoms with Gasteiger partial charge in [-0.05, 0) is 81.6 Å². The van der Waals surface area contributed by atoms with Crippen LogP contribution in [-0.2, 0) is 31.3 Å². The fourth-order valence-corrected chi connectivity index (χ4v) is 8.59. The number of carbonyl (C=O) groups is 6. The average molecular weight is 942 g/mol. The Kier molecular flexibility index (Phi) is 14.3. The Labute approximate surface area is 396 Å². The van der Waals surface area contributed by atoms with Crippen molar-refractivity contribution in [2.24, 2.45) is 0 Å². The molecule has 6 heterocycles. The van der Waals surface area contributed by atoms with E-state index in [0.717, 1.165) is 29.4 Å². The second-order valence-electron chi connectivity index (χ2n) is 17.6. The Balaban J connectivity index is 0.729. The van der Waals surface area contributed by atoms with Crippen molar-refractivity contribution in [3.8, 4) is 5.82 Å². The van der Waals surface area contributed by atoms with Crippen molar-refractivity contribution in [2.45, 2.75) is 64.1 Å². The van der Waals surface area contributed by atoms with Crippen LogP contribution < -0.4 is 37.0 Å². The number of nitrogens with zero attached hydrogens (tertiary/aromatic N) is 8. The smallest absolute Gasteiger partial charge is 0.278 e. The van der Waals surface area contributed by atoms with E-state index in [2.05, 4.69) is 52.9 Å². The average Bonchev–Trinajstić information content (AvgIpc) is 3.75. The van der Waals surface area contributed by atoms with Crippen LogP contribution in [0.1, 0.15) is 72.4 Å². The number of benzene rings is 2. The van der Waals surface area contributed by atoms with E-state index in [1.54, 1.807) is 54.9 Å². The highest BCUT2D eigenvalue weighted by Gasteiger charge is 2.45. The molecule has 1 atom stereocenters. The zero-order chi connectivity index (χ0) is 48.8. The molecule has 6 N–H and O–H groups in total. The fraction of sp³-hybridized carbons (Fsp3) is 0.375. The van der Waals surface area contributed by atoms with Crippen molar-refractivity contribution in [3.63, 3.8) is 0 Å². The van der Waals surface area contributed by atoms with Crippen LogP contribution in [0.15, 0.2) is 84.3 Å². The molecule has 2 fully saturated rings. The minimum Gasteiger partial charge on any atom is -0.384 e. The summed E-state index contributed by atoms with van der Waals surface area (Å²) in [4.78, 5) is 108. The third kappa shape index (κ3) is 10.7. The van der Waals surface area contributed by atoms with Crippen molar-refractivity contribution in [3.05, 3.63) is 107 Å². The van der Waals surface area contributed by atoms with E-state index < -0.39 is 35.3 Å². The zero-order valence-corrected chi connectivity index (χ0v) is 38.5. The number of anilines is 4. The number of rotatable bonds is 19. The summed E-state index contributed by atoms with van der Waals surface area (Å²) in [5.41, 5.74) is 1.82. The minimum absolute atomic E-state index is 0.0333. The SMILES string of the molecule is C=CCn1c(=O)c2cnc(Nc3ccc(N4CCN(CC(=O)NCCCCC(=O)NCCNc5cccc6c5C(=O)N(C5CCC(=O)NC5=O)C6=O)CC4)cc3)nc2n1-c1cccc(C(C)(C)O)n1. The number of piperazine rings is 1. The first kappa shape index (κ1) is 47.7. The third-order valence-corrected chi connectivity index (χ3v) is 12.2. The summed E-state index contributed by atoms with van der Waals surface area (Å²) in [6, 6.07) is 16.9. The number of piperidine rings is 1. The van der Waals surface area contributed by atoms with Crippen LogP contribution >= 0.6 is 0 Å². The number of fused-ring (bicyclic) bond motifs is 2. The molecule has 0 spiro atoms. The maximum atomic E-state index is 13.4. The van der Waals surface area contributed by atoms with E-state index in [4.69, 9.17) is 4.98 Å². The largest absolute Gasteiger partial charge is 0.384 e. The zero-order valence-electron chi connectivity index (χ0n) is 38.5. The lowest BCUT2D eigenvalue weighted by atomic mass is 10.0. The lowest BCUT2D eigenvalue weighted by Crippen LogP contribution is -2.54. The monoisotopic (exact) mass is 941 g/mol. The van der Waals surface area contributed by atoms with Gasteiger partial charge in [-0.25, -0.2) is 19.3 Å². The van der Waals surface area contributed by atoms with Crippen LogP contribution in [0.2, 0.25) is 0 Å². The van der Waals surface area contributed by atoms with E-state index in [-0.39, 0.29) is 79.9 Å². The fourth-order valence-electron chi connectivity index (χ4n) is 8.59. The van der Waals surface area contributed by atoms with Crippen LogP contribution in [0, 0.1) is 0 Å². The topological polar surface area (TPSA) is 258 Å². The normalized spacial score (nSPS) is 16.4. The number of imide groups is 2. The van der Waals surface area contributed by atoms with E-state index in [1.165, 1.54) is 16.9 Å². The van der Waals surface area contributed by atoms with Gasteiger partial charge in [-0.2, -0.15) is 4.98 Å². The van der Waals surface area contributed by atoms with Crippen molar-refractivity contribution < 1.29 is 33.9 Å². The van der Waals surface area contributed by atoms with Gasteiger partial charge in [0.15, 0.2) is 11.5 Å². The quantitative estimate of drug-likeness (QED) is 0.0394. The number of aromatic nitrogens is 5. The van der Waals surface area contributed by atoms with Gasteiger partial charge in [0.2, 0.25) is 29.6 Å². The molecule has 1 unspecified atom stereocenters. The van der Waals surface area contributed by atoms with Gasteiger partial charge in [-0.1, -0.05) is 18.2 Å². The molecule has 360 valence electrons. The number of hydrogen-bond acceptors (Lipinski definition) is 15. The molecule has 3 aliphatic rings. The summed E-state index contributed by atoms with van der Waals surface area (Å²) in [6.45, 7) is 11.5. The summed E-state index contributed by atoms with van der Waals surface area (Å²) < 4.78 is 3.09. The molecule has 69 heavy (non-hydrogen) atoms. The molecule has 3 aromatic heterocycles. The summed E-state index contributed by atoms with van der Waals surface area (Å²) in [5.74, 6) is -1.84. The van der Waals surface area contributed by atoms with E-state index in [9.17, 15) is 38.7 Å². The Morgan fingerprint density at radius 1 is 0.884 bits per heavy atom. The predicted octanol–water partition coefficient (Wildman–Crippen LogP) is 2.17. The molecule has 6 amide bonds. The first-order valence-corrected chi connectivity index (χ1v) is 23.0. The van der Waals surface area contributed by atoms with Gasteiger partial charge in [0, 0.05) is 81.9 Å². The van der Waals surface area contributed by atoms with Crippen molar-refractivity contribution in [1.29, 1.82) is 0 Å². The summed E-state index contributed by atoms with van der Waals surface area (Å²) in [6.07, 6.45) is 4.69. The number of carbonyl (C=O) groups excluding carboxylic acids is 6. The molecule has 0 bridgehead atoms. The highest BCUT2D eigenvalue weighted by atomic mass is 16.3. The lowest BCUT2D eigenvalue weighted by Gasteiger charge is -2.35. The highest BCUT2D eigenvalue weighted by Crippen LogP contribution is 2.32. The maximum absolute atomic E-state index is 13.4. The van der Waals surface area contributed by atoms with E-state index in [0.29, 0.717) is 60.7 Å². The molecule has 5 aromatic rings. The number of amides is 6. The Morgan fingerprint density at radius 3 is 2.38 bits per heavy atom. The molecule has 21 heteroatoms. The maximum Gasteiger partial charge on any atom is 0.278 e. The summed E-state index contributed by atoms with van der Waals surface area (Å²) in [7, 11) is 0. The molecule has 3 aliphatic heterocycles. The molecular weight excluding hydrogens is 887 g/mol. The van der Waals surface area contributed by atoms with Gasteiger partial charge in [0.25, 0.3) is 17.4 Å². The van der Waals surface area contributed by atoms with Crippen molar-refractivity contribution in [2.75, 3.05) is 67.9 Å². The molecule has 21 nitrogen and oxygen atoms in total. The predicted molar refractivity (Wildman–Crippen MR) is 256 cm³/mol. The number of unbranched alkanes of at least 4 members (excludes halogenated alkanes) is 1. The first-order valence-electron chi connectivity index (χ1n) is 23.0. The minimum atomic E-state index is -1.20. The van der Waals surface area contributed by atoms with Gasteiger partial charge in [-0.15, -0.1) is 6.58 Å². The van der Waals surface area contributed by atoms with Gasteiger partial charge >= 0.3 is 0 Å². The molecule has 2 aromatic carbocycles. The van der Waals surface area contributed by atoms with Crippen LogP contribution in [0.5, 0.6) is 0 Å². The third-order valence-electron chi connectivity index (χ3n) is 12.2. The Hall–Kier alpha value is -7.78. The number of aliphatic hydroxyl groups is 1. The highest BCUT2D eigenvalue weighted by molar-refractivity contribution is 6.25. The molecule has 8 rings (SSSR count). The van der Waals surface area contributed by atoms with Gasteiger partial charge in [0.1, 0.15) is 17.0 Å². The Morgan fingerprint density at radius 2 is 1.64 bits per heavy atom. The van der Waals surface area contributed by atoms with Crippen LogP contribution in [0.4, 0.5) is 23.0 Å². The molecule has 0 aliphatic carbocycles. The standard InChI is InChI=1S/C48H55N13O8/c1-4-23-59-44(66)33-28-52-47(56-42(33)61(59)37-12-8-11-36(54-37)48(2,3)69)53-30-14-16-31(17-15-30)58-26-24-57(25-27-58)29-40(64)50-20-6-5-13-38(62)51-22-21-49-34-10-7-9-32-41(34)46(68)60(45(32)67)35-18-19-39(63)55-43(35)65/h4,7-12,14-17,28,35,49,69H,1,5-6,13,18-27,29H2,2-3H3,(H,50,64)(H,51,62)(H,52,53,56)(H,55,63,65). The molecule has 0 radical (unpaired) electrons. The van der Waals surface area contributed by atoms with Crippen molar-refractivity contribution >= 4 is 69.5 Å².